The predicted molar refractivity (Wildman–Crippen MR) is 181 cm³/mol. The molecule has 0 fully saturated rings. The lowest BCUT2D eigenvalue weighted by Gasteiger charge is -2.17. The molecule has 226 valence electrons. The standard InChI is InChI=1S/C36H36BrN3O4/c1-7-43-33-17-26(30(37)19-34(33)44-21-25-12-10-11-23(4)15-25)20-38-40-35(39-31-14-9-8-13-27(31)36(40)41)29-18-28(22(2)3)32(42-6)16-24(29)5/h8-20,22H,7,21H2,1-6H3. The average Bonchev–Trinajstić information content (AvgIpc) is 3.00. The van der Waals surface area contributed by atoms with E-state index >= 15 is 0 Å². The van der Waals surface area contributed by atoms with Gasteiger partial charge in [0.25, 0.3) is 5.56 Å². The lowest BCUT2D eigenvalue weighted by molar-refractivity contribution is 0.269. The van der Waals surface area contributed by atoms with Crippen LogP contribution in [-0.4, -0.2) is 29.6 Å². The molecular formula is C36H36BrN3O4. The highest BCUT2D eigenvalue weighted by molar-refractivity contribution is 9.10. The number of nitrogens with zero attached hydrogens (tertiary/aromatic N) is 3. The summed E-state index contributed by atoms with van der Waals surface area (Å²) in [5.41, 5.74) is 6.06. The van der Waals surface area contributed by atoms with Crippen LogP contribution in [-0.2, 0) is 6.61 Å². The number of hydrogen-bond donors (Lipinski definition) is 0. The number of benzene rings is 4. The van der Waals surface area contributed by atoms with Crippen molar-refractivity contribution < 1.29 is 14.2 Å². The summed E-state index contributed by atoms with van der Waals surface area (Å²) in [6.45, 7) is 11.1. The Morgan fingerprint density at radius 2 is 1.73 bits per heavy atom. The van der Waals surface area contributed by atoms with Crippen molar-refractivity contribution in [2.45, 2.75) is 47.1 Å². The molecule has 0 aliphatic carbocycles. The van der Waals surface area contributed by atoms with Gasteiger partial charge in [-0.2, -0.15) is 9.78 Å². The van der Waals surface area contributed by atoms with Gasteiger partial charge in [0.15, 0.2) is 17.3 Å². The summed E-state index contributed by atoms with van der Waals surface area (Å²) in [4.78, 5) is 18.8. The fourth-order valence-electron chi connectivity index (χ4n) is 5.09. The van der Waals surface area contributed by atoms with Crippen molar-refractivity contribution in [3.05, 3.63) is 115 Å². The Morgan fingerprint density at radius 3 is 2.45 bits per heavy atom. The average molecular weight is 655 g/mol. The topological polar surface area (TPSA) is 74.9 Å². The molecule has 5 aromatic rings. The van der Waals surface area contributed by atoms with Gasteiger partial charge in [0, 0.05) is 15.6 Å². The number of aromatic nitrogens is 2. The predicted octanol–water partition coefficient (Wildman–Crippen LogP) is 8.43. The van der Waals surface area contributed by atoms with Gasteiger partial charge in [0.1, 0.15) is 12.4 Å². The SMILES string of the molecule is CCOc1cc(C=Nn2c(-c3cc(C(C)C)c(OC)cc3C)nc3ccccc3c2=O)c(Br)cc1OCc1cccc(C)c1. The summed E-state index contributed by atoms with van der Waals surface area (Å²) < 4.78 is 19.9. The summed E-state index contributed by atoms with van der Waals surface area (Å²) in [6, 6.07) is 23.3. The van der Waals surface area contributed by atoms with E-state index in [-0.39, 0.29) is 11.5 Å². The van der Waals surface area contributed by atoms with E-state index in [2.05, 4.69) is 48.8 Å². The molecule has 4 aromatic carbocycles. The van der Waals surface area contributed by atoms with Gasteiger partial charge < -0.3 is 14.2 Å². The second-order valence-electron chi connectivity index (χ2n) is 10.9. The molecule has 0 unspecified atom stereocenters. The van der Waals surface area contributed by atoms with Gasteiger partial charge in [0.05, 0.1) is 30.8 Å². The van der Waals surface area contributed by atoms with Gasteiger partial charge >= 0.3 is 0 Å². The molecule has 7 nitrogen and oxygen atoms in total. The largest absolute Gasteiger partial charge is 0.496 e. The summed E-state index contributed by atoms with van der Waals surface area (Å²) >= 11 is 3.67. The molecule has 1 heterocycles. The van der Waals surface area contributed by atoms with Crippen LogP contribution >= 0.6 is 15.9 Å². The van der Waals surface area contributed by atoms with Gasteiger partial charge in [-0.1, -0.05) is 55.8 Å². The highest BCUT2D eigenvalue weighted by atomic mass is 79.9. The molecule has 0 saturated heterocycles. The Labute approximate surface area is 266 Å². The van der Waals surface area contributed by atoms with E-state index in [0.717, 1.165) is 38.0 Å². The Bertz CT molecular complexity index is 1910. The Morgan fingerprint density at radius 1 is 0.955 bits per heavy atom. The number of hydrogen-bond acceptors (Lipinski definition) is 6. The van der Waals surface area contributed by atoms with Crippen molar-refractivity contribution >= 4 is 33.0 Å². The highest BCUT2D eigenvalue weighted by Crippen LogP contribution is 2.35. The normalized spacial score (nSPS) is 11.5. The molecule has 44 heavy (non-hydrogen) atoms. The Hall–Kier alpha value is -4.43. The van der Waals surface area contributed by atoms with Crippen molar-refractivity contribution in [3.8, 4) is 28.6 Å². The fraction of sp³-hybridized carbons (Fsp3) is 0.250. The zero-order valence-electron chi connectivity index (χ0n) is 25.8. The highest BCUT2D eigenvalue weighted by Gasteiger charge is 2.19. The van der Waals surface area contributed by atoms with Crippen LogP contribution in [0, 0.1) is 13.8 Å². The first kappa shape index (κ1) is 31.0. The number of methoxy groups -OCH3 is 1. The molecule has 0 bridgehead atoms. The third kappa shape index (κ3) is 6.55. The smallest absolute Gasteiger partial charge is 0.282 e. The first-order chi connectivity index (χ1) is 21.2. The summed E-state index contributed by atoms with van der Waals surface area (Å²) in [6.07, 6.45) is 1.64. The minimum atomic E-state index is -0.262. The molecule has 1 aromatic heterocycles. The number of para-hydroxylation sites is 1. The molecule has 0 aliphatic heterocycles. The molecule has 8 heteroatoms. The van der Waals surface area contributed by atoms with Gasteiger partial charge in [-0.05, 0) is 95.7 Å². The first-order valence-corrected chi connectivity index (χ1v) is 15.4. The Balaban J connectivity index is 1.60. The zero-order chi connectivity index (χ0) is 31.4. The van der Waals surface area contributed by atoms with E-state index < -0.39 is 0 Å². The van der Waals surface area contributed by atoms with Crippen LogP contribution in [0.3, 0.4) is 0 Å². The van der Waals surface area contributed by atoms with Crippen LogP contribution in [0.2, 0.25) is 0 Å². The maximum atomic E-state index is 13.9. The number of fused-ring (bicyclic) bond motifs is 1. The second kappa shape index (κ2) is 13.5. The second-order valence-corrected chi connectivity index (χ2v) is 11.8. The monoisotopic (exact) mass is 653 g/mol. The van der Waals surface area contributed by atoms with Gasteiger partial charge in [-0.3, -0.25) is 4.79 Å². The number of rotatable bonds is 10. The van der Waals surface area contributed by atoms with Gasteiger partial charge in [0.2, 0.25) is 0 Å². The van der Waals surface area contributed by atoms with Crippen molar-refractivity contribution in [3.63, 3.8) is 0 Å². The van der Waals surface area contributed by atoms with Gasteiger partial charge in [-0.15, -0.1) is 0 Å². The summed E-state index contributed by atoms with van der Waals surface area (Å²) in [5.74, 6) is 2.65. The first-order valence-electron chi connectivity index (χ1n) is 14.6. The Kier molecular flexibility index (Phi) is 9.49. The quantitative estimate of drug-likeness (QED) is 0.141. The van der Waals surface area contributed by atoms with Crippen LogP contribution in [0.25, 0.3) is 22.3 Å². The zero-order valence-corrected chi connectivity index (χ0v) is 27.4. The number of aryl methyl sites for hydroxylation is 2. The van der Waals surface area contributed by atoms with Crippen LogP contribution in [0.5, 0.6) is 17.2 Å². The van der Waals surface area contributed by atoms with Gasteiger partial charge in [-0.25, -0.2) is 4.98 Å². The molecule has 0 atom stereocenters. The number of ether oxygens (including phenoxy) is 3. The van der Waals surface area contributed by atoms with E-state index in [1.54, 1.807) is 19.4 Å². The molecule has 0 aliphatic rings. The third-order valence-corrected chi connectivity index (χ3v) is 8.03. The minimum Gasteiger partial charge on any atom is -0.496 e. The van der Waals surface area contributed by atoms with Crippen molar-refractivity contribution in [1.29, 1.82) is 0 Å². The fourth-order valence-corrected chi connectivity index (χ4v) is 5.51. The molecule has 0 radical (unpaired) electrons. The van der Waals surface area contributed by atoms with Crippen LogP contribution in [0.1, 0.15) is 54.5 Å². The maximum absolute atomic E-state index is 13.9. The minimum absolute atomic E-state index is 0.202. The lowest BCUT2D eigenvalue weighted by Crippen LogP contribution is -2.21. The van der Waals surface area contributed by atoms with Crippen molar-refractivity contribution in [1.82, 2.24) is 9.66 Å². The molecular weight excluding hydrogens is 618 g/mol. The van der Waals surface area contributed by atoms with Crippen molar-refractivity contribution in [2.24, 2.45) is 5.10 Å². The van der Waals surface area contributed by atoms with E-state index in [1.165, 1.54) is 10.2 Å². The van der Waals surface area contributed by atoms with E-state index in [1.807, 2.05) is 68.4 Å². The maximum Gasteiger partial charge on any atom is 0.282 e. The van der Waals surface area contributed by atoms with E-state index in [0.29, 0.717) is 41.4 Å². The van der Waals surface area contributed by atoms with Crippen LogP contribution in [0.4, 0.5) is 0 Å². The summed E-state index contributed by atoms with van der Waals surface area (Å²) in [5, 5.41) is 5.20. The lowest BCUT2D eigenvalue weighted by atomic mass is 9.96. The van der Waals surface area contributed by atoms with E-state index in [9.17, 15) is 4.79 Å². The van der Waals surface area contributed by atoms with Crippen molar-refractivity contribution in [2.75, 3.05) is 13.7 Å². The molecule has 0 saturated carbocycles. The van der Waals surface area contributed by atoms with Crippen LogP contribution in [0.15, 0.2) is 87.2 Å². The van der Waals surface area contributed by atoms with Crippen LogP contribution < -0.4 is 19.8 Å². The molecule has 0 N–H and O–H groups in total. The third-order valence-electron chi connectivity index (χ3n) is 7.35. The molecule has 0 amide bonds. The molecule has 0 spiro atoms. The number of halogens is 1. The van der Waals surface area contributed by atoms with E-state index in [4.69, 9.17) is 24.3 Å². The molecule has 5 rings (SSSR count). The summed E-state index contributed by atoms with van der Waals surface area (Å²) in [7, 11) is 1.67.